The minimum atomic E-state index is -1.17. The molecule has 2 atom stereocenters. The third-order valence-corrected chi connectivity index (χ3v) is 2.91. The van der Waals surface area contributed by atoms with Crippen molar-refractivity contribution in [2.45, 2.75) is 38.3 Å². The molecule has 5 nitrogen and oxygen atoms in total. The van der Waals surface area contributed by atoms with E-state index in [2.05, 4.69) is 4.90 Å². The number of hydrogen-bond donors (Lipinski definition) is 2. The molecule has 1 aliphatic rings. The first-order valence-corrected chi connectivity index (χ1v) is 5.82. The molecule has 2 unspecified atom stereocenters. The van der Waals surface area contributed by atoms with Crippen molar-refractivity contribution in [1.82, 2.24) is 4.90 Å². The Morgan fingerprint density at radius 2 is 2.38 bits per heavy atom. The van der Waals surface area contributed by atoms with E-state index in [4.69, 9.17) is 15.6 Å². The summed E-state index contributed by atoms with van der Waals surface area (Å²) in [4.78, 5) is 13.0. The van der Waals surface area contributed by atoms with Crippen LogP contribution in [0, 0.1) is 0 Å². The number of ether oxygens (including phenoxy) is 1. The highest BCUT2D eigenvalue weighted by atomic mass is 16.5. The zero-order valence-electron chi connectivity index (χ0n) is 10.1. The average Bonchev–Trinajstić information content (AvgIpc) is 2.17. The van der Waals surface area contributed by atoms with Gasteiger partial charge in [0, 0.05) is 19.7 Å². The number of aliphatic carboxylic acids is 1. The van der Waals surface area contributed by atoms with Crippen molar-refractivity contribution in [1.29, 1.82) is 0 Å². The topological polar surface area (TPSA) is 75.8 Å². The molecule has 0 amide bonds. The summed E-state index contributed by atoms with van der Waals surface area (Å²) in [6.45, 7) is 6.31. The molecule has 0 saturated carbocycles. The normalized spacial score (nSPS) is 26.3. The van der Waals surface area contributed by atoms with Crippen molar-refractivity contribution in [3.63, 3.8) is 0 Å². The Morgan fingerprint density at radius 3 is 2.94 bits per heavy atom. The lowest BCUT2D eigenvalue weighted by atomic mass is 10.0. The van der Waals surface area contributed by atoms with Crippen molar-refractivity contribution >= 4 is 5.97 Å². The van der Waals surface area contributed by atoms with Gasteiger partial charge in [0.15, 0.2) is 0 Å². The molecule has 0 aromatic carbocycles. The minimum Gasteiger partial charge on any atom is -0.480 e. The van der Waals surface area contributed by atoms with Gasteiger partial charge >= 0.3 is 5.97 Å². The predicted octanol–water partition coefficient (Wildman–Crippen LogP) is 0.289. The number of piperidine rings is 1. The second kappa shape index (κ2) is 5.61. The smallest absolute Gasteiger partial charge is 0.324 e. The van der Waals surface area contributed by atoms with Gasteiger partial charge in [0.2, 0.25) is 0 Å². The van der Waals surface area contributed by atoms with Gasteiger partial charge in [-0.05, 0) is 33.2 Å². The van der Waals surface area contributed by atoms with Crippen LogP contribution in [-0.4, -0.2) is 53.9 Å². The summed E-state index contributed by atoms with van der Waals surface area (Å²) in [5, 5.41) is 8.96. The number of carboxylic acids is 1. The molecule has 0 aromatic heterocycles. The molecule has 1 saturated heterocycles. The molecule has 0 radical (unpaired) electrons. The van der Waals surface area contributed by atoms with Crippen molar-refractivity contribution in [3.05, 3.63) is 0 Å². The summed E-state index contributed by atoms with van der Waals surface area (Å²) < 4.78 is 5.56. The fourth-order valence-corrected chi connectivity index (χ4v) is 2.06. The highest BCUT2D eigenvalue weighted by Gasteiger charge is 2.32. The van der Waals surface area contributed by atoms with Crippen molar-refractivity contribution in [2.24, 2.45) is 5.73 Å². The maximum atomic E-state index is 10.9. The monoisotopic (exact) mass is 230 g/mol. The van der Waals surface area contributed by atoms with Gasteiger partial charge in [-0.2, -0.15) is 0 Å². The van der Waals surface area contributed by atoms with E-state index in [1.54, 1.807) is 6.92 Å². The van der Waals surface area contributed by atoms with Crippen LogP contribution in [0.5, 0.6) is 0 Å². The van der Waals surface area contributed by atoms with Gasteiger partial charge in [0.25, 0.3) is 0 Å². The molecule has 1 heterocycles. The molecule has 1 rings (SSSR count). The van der Waals surface area contributed by atoms with Crippen molar-refractivity contribution in [3.8, 4) is 0 Å². The molecule has 0 spiro atoms. The van der Waals surface area contributed by atoms with E-state index in [0.29, 0.717) is 13.2 Å². The second-order valence-electron chi connectivity index (χ2n) is 4.68. The van der Waals surface area contributed by atoms with Crippen LogP contribution >= 0.6 is 0 Å². The molecule has 16 heavy (non-hydrogen) atoms. The number of rotatable bonds is 5. The second-order valence-corrected chi connectivity index (χ2v) is 4.68. The molecular weight excluding hydrogens is 208 g/mol. The summed E-state index contributed by atoms with van der Waals surface area (Å²) >= 11 is 0. The molecule has 0 bridgehead atoms. The Hall–Kier alpha value is -0.650. The molecule has 1 aliphatic heterocycles. The lowest BCUT2D eigenvalue weighted by molar-refractivity contribution is -0.143. The quantitative estimate of drug-likeness (QED) is 0.710. The number of carbonyl (C=O) groups is 1. The molecule has 5 heteroatoms. The van der Waals surface area contributed by atoms with E-state index in [1.165, 1.54) is 0 Å². The van der Waals surface area contributed by atoms with E-state index in [9.17, 15) is 4.79 Å². The molecular formula is C11H22N2O3. The maximum Gasteiger partial charge on any atom is 0.324 e. The Bertz CT molecular complexity index is 241. The van der Waals surface area contributed by atoms with Crippen LogP contribution < -0.4 is 5.73 Å². The van der Waals surface area contributed by atoms with Crippen LogP contribution in [0.2, 0.25) is 0 Å². The van der Waals surface area contributed by atoms with Gasteiger partial charge in [-0.1, -0.05) is 0 Å². The van der Waals surface area contributed by atoms with Gasteiger partial charge in [0.1, 0.15) is 5.54 Å². The van der Waals surface area contributed by atoms with E-state index >= 15 is 0 Å². The van der Waals surface area contributed by atoms with E-state index < -0.39 is 11.5 Å². The van der Waals surface area contributed by atoms with Crippen LogP contribution in [0.15, 0.2) is 0 Å². The molecule has 0 aliphatic carbocycles. The van der Waals surface area contributed by atoms with E-state index in [0.717, 1.165) is 25.9 Å². The fourth-order valence-electron chi connectivity index (χ4n) is 2.06. The van der Waals surface area contributed by atoms with Crippen LogP contribution in [0.25, 0.3) is 0 Å². The molecule has 3 N–H and O–H groups in total. The van der Waals surface area contributed by atoms with E-state index in [1.807, 2.05) is 6.92 Å². The van der Waals surface area contributed by atoms with Gasteiger partial charge in [0.05, 0.1) is 6.10 Å². The van der Waals surface area contributed by atoms with Crippen LogP contribution in [0.1, 0.15) is 26.7 Å². The standard InChI is InChI=1S/C11H22N2O3/c1-3-16-9-5-4-6-13(7-9)8-11(2,12)10(14)15/h9H,3-8,12H2,1-2H3,(H,14,15). The Balaban J connectivity index is 2.45. The Morgan fingerprint density at radius 1 is 1.69 bits per heavy atom. The van der Waals surface area contributed by atoms with Crippen molar-refractivity contribution < 1.29 is 14.6 Å². The SMILES string of the molecule is CCOC1CCCN(CC(C)(N)C(=O)O)C1. The lowest BCUT2D eigenvalue weighted by Crippen LogP contribution is -2.56. The number of carboxylic acid groups (broad SMARTS) is 1. The first kappa shape index (κ1) is 13.4. The van der Waals surface area contributed by atoms with Gasteiger partial charge in [-0.3, -0.25) is 9.69 Å². The maximum absolute atomic E-state index is 10.9. The molecule has 94 valence electrons. The molecule has 1 fully saturated rings. The largest absolute Gasteiger partial charge is 0.480 e. The minimum absolute atomic E-state index is 0.225. The third kappa shape index (κ3) is 3.73. The summed E-state index contributed by atoms with van der Waals surface area (Å²) in [6, 6.07) is 0. The van der Waals surface area contributed by atoms with Gasteiger partial charge in [-0.25, -0.2) is 0 Å². The summed E-state index contributed by atoms with van der Waals surface area (Å²) in [5.74, 6) is -0.953. The number of hydrogen-bond acceptors (Lipinski definition) is 4. The average molecular weight is 230 g/mol. The Labute approximate surface area is 96.6 Å². The lowest BCUT2D eigenvalue weighted by Gasteiger charge is -2.35. The van der Waals surface area contributed by atoms with Crippen LogP contribution in [0.3, 0.4) is 0 Å². The fraction of sp³-hybridized carbons (Fsp3) is 0.909. The number of likely N-dealkylation sites (tertiary alicyclic amines) is 1. The summed E-state index contributed by atoms with van der Waals surface area (Å²) in [7, 11) is 0. The highest BCUT2D eigenvalue weighted by molar-refractivity contribution is 5.78. The van der Waals surface area contributed by atoms with Crippen LogP contribution in [-0.2, 0) is 9.53 Å². The zero-order chi connectivity index (χ0) is 12.2. The summed E-state index contributed by atoms with van der Waals surface area (Å²) in [5.41, 5.74) is 4.56. The zero-order valence-corrected chi connectivity index (χ0v) is 10.1. The van der Waals surface area contributed by atoms with Crippen molar-refractivity contribution in [2.75, 3.05) is 26.2 Å². The Kier molecular flexibility index (Phi) is 4.70. The van der Waals surface area contributed by atoms with Crippen LogP contribution in [0.4, 0.5) is 0 Å². The van der Waals surface area contributed by atoms with E-state index in [-0.39, 0.29) is 6.10 Å². The number of nitrogens with two attached hydrogens (primary N) is 1. The highest BCUT2D eigenvalue weighted by Crippen LogP contribution is 2.15. The third-order valence-electron chi connectivity index (χ3n) is 2.91. The molecule has 0 aromatic rings. The number of nitrogens with zero attached hydrogens (tertiary/aromatic N) is 1. The van der Waals surface area contributed by atoms with Gasteiger partial charge < -0.3 is 15.6 Å². The first-order chi connectivity index (χ1) is 7.45. The van der Waals surface area contributed by atoms with Gasteiger partial charge in [-0.15, -0.1) is 0 Å². The summed E-state index contributed by atoms with van der Waals surface area (Å²) in [6.07, 6.45) is 2.32. The first-order valence-electron chi connectivity index (χ1n) is 5.82. The predicted molar refractivity (Wildman–Crippen MR) is 61.3 cm³/mol.